The summed E-state index contributed by atoms with van der Waals surface area (Å²) in [6.07, 6.45) is 9.38. The Kier molecular flexibility index (Phi) is 4.82. The van der Waals surface area contributed by atoms with Crippen LogP contribution in [0.1, 0.15) is 73.6 Å². The molecule has 5 rings (SSSR count). The van der Waals surface area contributed by atoms with Gasteiger partial charge in [-0.3, -0.25) is 0 Å². The number of hydrogen-bond donors (Lipinski definition) is 0. The van der Waals surface area contributed by atoms with Crippen LogP contribution in [-0.4, -0.2) is 0 Å². The van der Waals surface area contributed by atoms with Crippen LogP contribution in [0.2, 0.25) is 0 Å². The molecule has 1 saturated carbocycles. The normalized spacial score (nSPS) is 25.5. The summed E-state index contributed by atoms with van der Waals surface area (Å²) < 4.78 is 0. The van der Waals surface area contributed by atoms with Crippen molar-refractivity contribution in [3.63, 3.8) is 0 Å². The molecular weight excluding hydrogens is 348 g/mol. The zero-order chi connectivity index (χ0) is 19.7. The molecule has 3 aromatic rings. The van der Waals surface area contributed by atoms with E-state index in [1.165, 1.54) is 49.7 Å². The molecule has 0 amide bonds. The predicted molar refractivity (Wildman–Crippen MR) is 122 cm³/mol. The lowest BCUT2D eigenvalue weighted by atomic mass is 9.58. The van der Waals surface area contributed by atoms with Gasteiger partial charge in [-0.2, -0.15) is 0 Å². The van der Waals surface area contributed by atoms with Gasteiger partial charge in [0.1, 0.15) is 0 Å². The fourth-order valence-corrected chi connectivity index (χ4v) is 6.51. The Hall–Kier alpha value is -2.34. The Morgan fingerprint density at radius 3 is 2.07 bits per heavy atom. The second kappa shape index (κ2) is 7.48. The highest BCUT2D eigenvalue weighted by Gasteiger charge is 2.51. The van der Waals surface area contributed by atoms with Crippen LogP contribution in [0.5, 0.6) is 0 Å². The SMILES string of the molecule is CC1(CC2(c3ccccc3)Cc3ccccc3C2c2ccccc2)CCCCC1. The maximum Gasteiger partial charge on any atom is 0.0192 e. The summed E-state index contributed by atoms with van der Waals surface area (Å²) in [4.78, 5) is 0. The molecule has 0 nitrogen and oxygen atoms in total. The van der Waals surface area contributed by atoms with Crippen molar-refractivity contribution in [3.05, 3.63) is 107 Å². The Morgan fingerprint density at radius 1 is 0.724 bits per heavy atom. The van der Waals surface area contributed by atoms with E-state index in [1.54, 1.807) is 11.1 Å². The molecule has 0 aromatic heterocycles. The fraction of sp³-hybridized carbons (Fsp3) is 0.379. The largest absolute Gasteiger partial charge is 0.0622 e. The molecule has 2 aliphatic rings. The van der Waals surface area contributed by atoms with Crippen LogP contribution in [0, 0.1) is 5.41 Å². The Morgan fingerprint density at radius 2 is 1.34 bits per heavy atom. The summed E-state index contributed by atoms with van der Waals surface area (Å²) in [6, 6.07) is 32.0. The van der Waals surface area contributed by atoms with Gasteiger partial charge in [0.15, 0.2) is 0 Å². The quantitative estimate of drug-likeness (QED) is 0.435. The van der Waals surface area contributed by atoms with Crippen LogP contribution < -0.4 is 0 Å². The highest BCUT2D eigenvalue weighted by atomic mass is 14.5. The van der Waals surface area contributed by atoms with E-state index >= 15 is 0 Å². The van der Waals surface area contributed by atoms with Gasteiger partial charge in [0.25, 0.3) is 0 Å². The second-order valence-corrected chi connectivity index (χ2v) is 9.79. The second-order valence-electron chi connectivity index (χ2n) is 9.79. The van der Waals surface area contributed by atoms with E-state index in [-0.39, 0.29) is 5.41 Å². The minimum Gasteiger partial charge on any atom is -0.0622 e. The molecular formula is C29H32. The number of benzene rings is 3. The van der Waals surface area contributed by atoms with Gasteiger partial charge in [0.2, 0.25) is 0 Å². The van der Waals surface area contributed by atoms with Crippen molar-refractivity contribution in [3.8, 4) is 0 Å². The maximum atomic E-state index is 2.57. The van der Waals surface area contributed by atoms with E-state index < -0.39 is 0 Å². The monoisotopic (exact) mass is 380 g/mol. The number of hydrogen-bond acceptors (Lipinski definition) is 0. The van der Waals surface area contributed by atoms with Crippen molar-refractivity contribution in [1.29, 1.82) is 0 Å². The first kappa shape index (κ1) is 18.7. The minimum atomic E-state index is 0.137. The van der Waals surface area contributed by atoms with Crippen LogP contribution in [0.3, 0.4) is 0 Å². The molecule has 0 radical (unpaired) electrons. The first-order valence-electron chi connectivity index (χ1n) is 11.4. The standard InChI is InChI=1S/C29H32/c1-28(19-11-4-12-20-28)22-29(25-16-7-3-8-17-25)21-24-15-9-10-18-26(24)27(29)23-13-5-2-6-14-23/h2-3,5-10,13-18,27H,4,11-12,19-22H2,1H3. The van der Waals surface area contributed by atoms with Crippen LogP contribution >= 0.6 is 0 Å². The van der Waals surface area contributed by atoms with Crippen LogP contribution in [-0.2, 0) is 11.8 Å². The smallest absolute Gasteiger partial charge is 0.0192 e. The zero-order valence-corrected chi connectivity index (χ0v) is 17.6. The van der Waals surface area contributed by atoms with Gasteiger partial charge in [0, 0.05) is 11.3 Å². The van der Waals surface area contributed by atoms with Gasteiger partial charge in [-0.05, 0) is 53.4 Å². The summed E-state index contributed by atoms with van der Waals surface area (Å²) >= 11 is 0. The number of rotatable bonds is 4. The molecule has 0 spiro atoms. The third kappa shape index (κ3) is 3.33. The lowest BCUT2D eigenvalue weighted by Gasteiger charge is -2.46. The van der Waals surface area contributed by atoms with E-state index in [4.69, 9.17) is 0 Å². The maximum absolute atomic E-state index is 2.57. The van der Waals surface area contributed by atoms with Crippen LogP contribution in [0.25, 0.3) is 0 Å². The molecule has 148 valence electrons. The molecule has 0 aliphatic heterocycles. The first-order chi connectivity index (χ1) is 14.2. The molecule has 0 saturated heterocycles. The van der Waals surface area contributed by atoms with E-state index in [0.717, 1.165) is 6.42 Å². The summed E-state index contributed by atoms with van der Waals surface area (Å²) in [7, 11) is 0. The molecule has 0 heteroatoms. The lowest BCUT2D eigenvalue weighted by molar-refractivity contribution is 0.141. The molecule has 2 aliphatic carbocycles. The zero-order valence-electron chi connectivity index (χ0n) is 17.6. The van der Waals surface area contributed by atoms with Gasteiger partial charge in [-0.25, -0.2) is 0 Å². The van der Waals surface area contributed by atoms with Crippen LogP contribution in [0.4, 0.5) is 0 Å². The summed E-state index contributed by atoms with van der Waals surface area (Å²) in [6.45, 7) is 2.57. The molecule has 1 fully saturated rings. The third-order valence-electron chi connectivity index (χ3n) is 7.71. The van der Waals surface area contributed by atoms with Gasteiger partial charge in [0.05, 0.1) is 0 Å². The van der Waals surface area contributed by atoms with Gasteiger partial charge >= 0.3 is 0 Å². The fourth-order valence-electron chi connectivity index (χ4n) is 6.51. The Bertz CT molecular complexity index is 950. The van der Waals surface area contributed by atoms with E-state index in [1.807, 2.05) is 0 Å². The molecule has 0 bridgehead atoms. The van der Waals surface area contributed by atoms with Crippen molar-refractivity contribution < 1.29 is 0 Å². The van der Waals surface area contributed by atoms with Crippen molar-refractivity contribution in [2.24, 2.45) is 5.41 Å². The molecule has 2 atom stereocenters. The summed E-state index contributed by atoms with van der Waals surface area (Å²) in [5.41, 5.74) is 6.66. The Labute approximate surface area is 176 Å². The van der Waals surface area contributed by atoms with Crippen molar-refractivity contribution >= 4 is 0 Å². The summed E-state index contributed by atoms with van der Waals surface area (Å²) in [5.74, 6) is 0.432. The van der Waals surface area contributed by atoms with Gasteiger partial charge in [-0.1, -0.05) is 111 Å². The molecule has 2 unspecified atom stereocenters. The average molecular weight is 381 g/mol. The molecule has 0 heterocycles. The molecule has 3 aromatic carbocycles. The minimum absolute atomic E-state index is 0.137. The average Bonchev–Trinajstić information content (AvgIpc) is 3.09. The van der Waals surface area contributed by atoms with Crippen molar-refractivity contribution in [1.82, 2.24) is 0 Å². The van der Waals surface area contributed by atoms with E-state index in [0.29, 0.717) is 11.3 Å². The van der Waals surface area contributed by atoms with Crippen molar-refractivity contribution in [2.75, 3.05) is 0 Å². The molecule has 0 N–H and O–H groups in total. The predicted octanol–water partition coefficient (Wildman–Crippen LogP) is 7.67. The third-order valence-corrected chi connectivity index (χ3v) is 7.71. The number of fused-ring (bicyclic) bond motifs is 1. The first-order valence-corrected chi connectivity index (χ1v) is 11.4. The van der Waals surface area contributed by atoms with Gasteiger partial charge in [-0.15, -0.1) is 0 Å². The van der Waals surface area contributed by atoms with Gasteiger partial charge < -0.3 is 0 Å². The highest BCUT2D eigenvalue weighted by molar-refractivity contribution is 5.52. The highest BCUT2D eigenvalue weighted by Crippen LogP contribution is 2.58. The Balaban J connectivity index is 1.70. The topological polar surface area (TPSA) is 0 Å². The molecule has 29 heavy (non-hydrogen) atoms. The van der Waals surface area contributed by atoms with Crippen LogP contribution in [0.15, 0.2) is 84.9 Å². The van der Waals surface area contributed by atoms with Crippen molar-refractivity contribution in [2.45, 2.75) is 63.2 Å². The van der Waals surface area contributed by atoms with E-state index in [2.05, 4.69) is 91.9 Å². The summed E-state index contributed by atoms with van der Waals surface area (Å²) in [5, 5.41) is 0. The van der Waals surface area contributed by atoms with E-state index in [9.17, 15) is 0 Å². The lowest BCUT2D eigenvalue weighted by Crippen LogP contribution is -2.39.